The highest BCUT2D eigenvalue weighted by molar-refractivity contribution is 7.98. The second kappa shape index (κ2) is 6.75. The Morgan fingerprint density at radius 3 is 2.87 bits per heavy atom. The zero-order valence-corrected chi connectivity index (χ0v) is 10.1. The molecule has 0 amide bonds. The number of hydrogen-bond donors (Lipinski definition) is 0. The van der Waals surface area contributed by atoms with Crippen molar-refractivity contribution in [2.45, 2.75) is 12.2 Å². The summed E-state index contributed by atoms with van der Waals surface area (Å²) in [5.41, 5.74) is 1.11. The van der Waals surface area contributed by atoms with Crippen molar-refractivity contribution in [1.82, 2.24) is 0 Å². The first-order chi connectivity index (χ1) is 7.24. The standard InChI is InChI=1S/C11H13ClO2S/c1-14-11(13)6-7-15-8-9-4-2-3-5-10(9)12/h2-5H,6-8H2,1H3. The topological polar surface area (TPSA) is 26.3 Å². The van der Waals surface area contributed by atoms with Gasteiger partial charge in [0.15, 0.2) is 0 Å². The minimum absolute atomic E-state index is 0.165. The average Bonchev–Trinajstić information content (AvgIpc) is 2.26. The molecule has 15 heavy (non-hydrogen) atoms. The molecular formula is C11H13ClO2S. The van der Waals surface area contributed by atoms with Gasteiger partial charge in [0.25, 0.3) is 0 Å². The van der Waals surface area contributed by atoms with Gasteiger partial charge < -0.3 is 4.74 Å². The molecule has 0 N–H and O–H groups in total. The summed E-state index contributed by atoms with van der Waals surface area (Å²) in [5, 5.41) is 0.781. The van der Waals surface area contributed by atoms with Crippen LogP contribution in [-0.4, -0.2) is 18.8 Å². The molecule has 0 bridgehead atoms. The van der Waals surface area contributed by atoms with Crippen LogP contribution in [0.5, 0.6) is 0 Å². The maximum absolute atomic E-state index is 10.8. The van der Waals surface area contributed by atoms with E-state index in [9.17, 15) is 4.79 Å². The van der Waals surface area contributed by atoms with Crippen molar-refractivity contribution in [3.05, 3.63) is 34.9 Å². The highest BCUT2D eigenvalue weighted by Crippen LogP contribution is 2.20. The third-order valence-corrected chi connectivity index (χ3v) is 3.27. The Balaban J connectivity index is 2.26. The molecule has 0 aliphatic carbocycles. The van der Waals surface area contributed by atoms with Gasteiger partial charge in [0.05, 0.1) is 13.5 Å². The Morgan fingerprint density at radius 2 is 2.20 bits per heavy atom. The summed E-state index contributed by atoms with van der Waals surface area (Å²) < 4.78 is 4.55. The molecule has 0 aromatic heterocycles. The number of carbonyl (C=O) groups excluding carboxylic acids is 1. The van der Waals surface area contributed by atoms with E-state index in [0.717, 1.165) is 22.1 Å². The highest BCUT2D eigenvalue weighted by Gasteiger charge is 2.02. The van der Waals surface area contributed by atoms with Crippen LogP contribution < -0.4 is 0 Å². The number of halogens is 1. The Kier molecular flexibility index (Phi) is 5.58. The summed E-state index contributed by atoms with van der Waals surface area (Å²) in [6, 6.07) is 7.73. The third kappa shape index (κ3) is 4.58. The van der Waals surface area contributed by atoms with E-state index in [1.54, 1.807) is 11.8 Å². The summed E-state index contributed by atoms with van der Waals surface area (Å²) in [6.07, 6.45) is 0.450. The smallest absolute Gasteiger partial charge is 0.306 e. The predicted octanol–water partition coefficient (Wildman–Crippen LogP) is 3.14. The molecule has 1 aromatic rings. The maximum Gasteiger partial charge on any atom is 0.306 e. The molecule has 4 heteroatoms. The van der Waals surface area contributed by atoms with Crippen molar-refractivity contribution in [1.29, 1.82) is 0 Å². The second-order valence-corrected chi connectivity index (χ2v) is 4.48. The molecule has 0 heterocycles. The van der Waals surface area contributed by atoms with Crippen LogP contribution in [0, 0.1) is 0 Å². The Labute approximate surface area is 99.0 Å². The first kappa shape index (κ1) is 12.4. The number of benzene rings is 1. The molecule has 0 unspecified atom stereocenters. The summed E-state index contributed by atoms with van der Waals surface area (Å²) in [4.78, 5) is 10.8. The molecule has 0 fully saturated rings. The largest absolute Gasteiger partial charge is 0.469 e. The minimum atomic E-state index is -0.165. The van der Waals surface area contributed by atoms with Gasteiger partial charge in [-0.05, 0) is 11.6 Å². The van der Waals surface area contributed by atoms with E-state index in [1.807, 2.05) is 24.3 Å². The van der Waals surface area contributed by atoms with Crippen LogP contribution in [0.3, 0.4) is 0 Å². The van der Waals surface area contributed by atoms with Gasteiger partial charge in [0.2, 0.25) is 0 Å². The fraction of sp³-hybridized carbons (Fsp3) is 0.364. The van der Waals surface area contributed by atoms with Gasteiger partial charge in [0.1, 0.15) is 0 Å². The van der Waals surface area contributed by atoms with E-state index in [2.05, 4.69) is 4.74 Å². The van der Waals surface area contributed by atoms with Crippen LogP contribution >= 0.6 is 23.4 Å². The van der Waals surface area contributed by atoms with Gasteiger partial charge in [-0.15, -0.1) is 0 Å². The van der Waals surface area contributed by atoms with Crippen LogP contribution in [0.4, 0.5) is 0 Å². The Morgan fingerprint density at radius 1 is 1.47 bits per heavy atom. The number of esters is 1. The van der Waals surface area contributed by atoms with E-state index < -0.39 is 0 Å². The van der Waals surface area contributed by atoms with Gasteiger partial charge >= 0.3 is 5.97 Å². The molecule has 1 aromatic carbocycles. The average molecular weight is 245 g/mol. The SMILES string of the molecule is COC(=O)CCSCc1ccccc1Cl. The Bertz CT molecular complexity index is 328. The molecule has 1 rings (SSSR count). The number of hydrogen-bond acceptors (Lipinski definition) is 3. The summed E-state index contributed by atoms with van der Waals surface area (Å²) >= 11 is 7.67. The van der Waals surface area contributed by atoms with E-state index >= 15 is 0 Å². The van der Waals surface area contributed by atoms with Crippen molar-refractivity contribution in [3.63, 3.8) is 0 Å². The normalized spacial score (nSPS) is 10.0. The summed E-state index contributed by atoms with van der Waals surface area (Å²) in [5.74, 6) is 1.43. The lowest BCUT2D eigenvalue weighted by atomic mass is 10.2. The molecule has 0 spiro atoms. The summed E-state index contributed by atoms with van der Waals surface area (Å²) in [6.45, 7) is 0. The van der Waals surface area contributed by atoms with Gasteiger partial charge in [0, 0.05) is 16.5 Å². The second-order valence-electron chi connectivity index (χ2n) is 2.97. The van der Waals surface area contributed by atoms with Crippen molar-refractivity contribution in [2.75, 3.05) is 12.9 Å². The zero-order valence-electron chi connectivity index (χ0n) is 8.53. The molecule has 0 atom stereocenters. The fourth-order valence-electron chi connectivity index (χ4n) is 1.06. The van der Waals surface area contributed by atoms with Gasteiger partial charge in [-0.25, -0.2) is 0 Å². The molecular weight excluding hydrogens is 232 g/mol. The van der Waals surface area contributed by atoms with E-state index in [-0.39, 0.29) is 5.97 Å². The Hall–Kier alpha value is -0.670. The minimum Gasteiger partial charge on any atom is -0.469 e. The number of rotatable bonds is 5. The quantitative estimate of drug-likeness (QED) is 0.588. The van der Waals surface area contributed by atoms with E-state index in [4.69, 9.17) is 11.6 Å². The van der Waals surface area contributed by atoms with Crippen molar-refractivity contribution in [3.8, 4) is 0 Å². The first-order valence-corrected chi connectivity index (χ1v) is 6.15. The molecule has 82 valence electrons. The van der Waals surface area contributed by atoms with Crippen LogP contribution in [0.25, 0.3) is 0 Å². The van der Waals surface area contributed by atoms with Gasteiger partial charge in [-0.2, -0.15) is 11.8 Å². The zero-order chi connectivity index (χ0) is 11.1. The van der Waals surface area contributed by atoms with Gasteiger partial charge in [-0.3, -0.25) is 4.79 Å². The van der Waals surface area contributed by atoms with Crippen LogP contribution in [0.1, 0.15) is 12.0 Å². The molecule has 0 saturated heterocycles. The molecule has 0 aliphatic rings. The lowest BCUT2D eigenvalue weighted by Gasteiger charge is -2.03. The molecule has 0 saturated carbocycles. The molecule has 0 radical (unpaired) electrons. The number of ether oxygens (including phenoxy) is 1. The predicted molar refractivity (Wildman–Crippen MR) is 64.2 cm³/mol. The number of carbonyl (C=O) groups is 1. The van der Waals surface area contributed by atoms with E-state index in [1.165, 1.54) is 7.11 Å². The lowest BCUT2D eigenvalue weighted by molar-refractivity contribution is -0.140. The first-order valence-electron chi connectivity index (χ1n) is 4.62. The van der Waals surface area contributed by atoms with Crippen molar-refractivity contribution >= 4 is 29.3 Å². The third-order valence-electron chi connectivity index (χ3n) is 1.89. The highest BCUT2D eigenvalue weighted by atomic mass is 35.5. The van der Waals surface area contributed by atoms with Crippen molar-refractivity contribution in [2.24, 2.45) is 0 Å². The maximum atomic E-state index is 10.8. The molecule has 2 nitrogen and oxygen atoms in total. The van der Waals surface area contributed by atoms with Crippen molar-refractivity contribution < 1.29 is 9.53 Å². The van der Waals surface area contributed by atoms with Crippen LogP contribution in [-0.2, 0) is 15.3 Å². The van der Waals surface area contributed by atoms with Crippen LogP contribution in [0.2, 0.25) is 5.02 Å². The van der Waals surface area contributed by atoms with Crippen LogP contribution in [0.15, 0.2) is 24.3 Å². The van der Waals surface area contributed by atoms with E-state index in [0.29, 0.717) is 6.42 Å². The summed E-state index contributed by atoms with van der Waals surface area (Å²) in [7, 11) is 1.40. The fourth-order valence-corrected chi connectivity index (χ4v) is 2.26. The number of methoxy groups -OCH3 is 1. The monoisotopic (exact) mass is 244 g/mol. The number of thioether (sulfide) groups is 1. The lowest BCUT2D eigenvalue weighted by Crippen LogP contribution is -2.01. The molecule has 0 aliphatic heterocycles. The van der Waals surface area contributed by atoms with Gasteiger partial charge in [-0.1, -0.05) is 29.8 Å².